The van der Waals surface area contributed by atoms with E-state index in [0.717, 1.165) is 25.9 Å². The zero-order valence-corrected chi connectivity index (χ0v) is 10.2. The van der Waals surface area contributed by atoms with Crippen molar-refractivity contribution in [3.63, 3.8) is 0 Å². The SMILES string of the molecule is CCCNC(=O)C1CC(C(C)C)CCN1. The summed E-state index contributed by atoms with van der Waals surface area (Å²) in [6, 6.07) is 0.0395. The van der Waals surface area contributed by atoms with Gasteiger partial charge in [0.2, 0.25) is 5.91 Å². The fraction of sp³-hybridized carbons (Fsp3) is 0.917. The Balaban J connectivity index is 2.38. The summed E-state index contributed by atoms with van der Waals surface area (Å²) in [6.07, 6.45) is 3.20. The minimum Gasteiger partial charge on any atom is -0.355 e. The molecule has 2 atom stereocenters. The third kappa shape index (κ3) is 3.82. The van der Waals surface area contributed by atoms with E-state index in [1.807, 2.05) is 0 Å². The second-order valence-electron chi connectivity index (χ2n) is 4.83. The van der Waals surface area contributed by atoms with Gasteiger partial charge >= 0.3 is 0 Å². The Morgan fingerprint density at radius 3 is 2.87 bits per heavy atom. The van der Waals surface area contributed by atoms with Gasteiger partial charge in [0, 0.05) is 6.54 Å². The molecule has 0 aromatic rings. The van der Waals surface area contributed by atoms with Crippen molar-refractivity contribution in [1.29, 1.82) is 0 Å². The highest BCUT2D eigenvalue weighted by Crippen LogP contribution is 2.23. The predicted octanol–water partition coefficient (Wildman–Crippen LogP) is 1.54. The summed E-state index contributed by atoms with van der Waals surface area (Å²) in [7, 11) is 0. The van der Waals surface area contributed by atoms with Gasteiger partial charge in [-0.3, -0.25) is 4.79 Å². The number of hydrogen-bond acceptors (Lipinski definition) is 2. The largest absolute Gasteiger partial charge is 0.355 e. The lowest BCUT2D eigenvalue weighted by Crippen LogP contribution is -2.49. The molecule has 1 heterocycles. The quantitative estimate of drug-likeness (QED) is 0.742. The Labute approximate surface area is 93.0 Å². The molecule has 2 N–H and O–H groups in total. The number of carbonyl (C=O) groups excluding carboxylic acids is 1. The van der Waals surface area contributed by atoms with Crippen LogP contribution in [0.25, 0.3) is 0 Å². The summed E-state index contributed by atoms with van der Waals surface area (Å²) < 4.78 is 0. The van der Waals surface area contributed by atoms with Gasteiger partial charge in [-0.1, -0.05) is 20.8 Å². The monoisotopic (exact) mass is 212 g/mol. The molecule has 0 bridgehead atoms. The molecule has 0 spiro atoms. The maximum absolute atomic E-state index is 11.8. The molecule has 1 amide bonds. The molecule has 88 valence electrons. The minimum absolute atomic E-state index is 0.0395. The standard InChI is InChI=1S/C12H24N2O/c1-4-6-14-12(15)11-8-10(9(2)3)5-7-13-11/h9-11,13H,4-8H2,1-3H3,(H,14,15). The van der Waals surface area contributed by atoms with Gasteiger partial charge in [0.1, 0.15) is 0 Å². The number of hydrogen-bond donors (Lipinski definition) is 2. The molecule has 0 radical (unpaired) electrons. The second-order valence-corrected chi connectivity index (χ2v) is 4.83. The molecule has 1 aliphatic heterocycles. The van der Waals surface area contributed by atoms with E-state index in [-0.39, 0.29) is 11.9 Å². The topological polar surface area (TPSA) is 41.1 Å². The summed E-state index contributed by atoms with van der Waals surface area (Å²) in [4.78, 5) is 11.8. The van der Waals surface area contributed by atoms with Crippen LogP contribution in [0.3, 0.4) is 0 Å². The van der Waals surface area contributed by atoms with Crippen molar-refractivity contribution in [1.82, 2.24) is 10.6 Å². The summed E-state index contributed by atoms with van der Waals surface area (Å²) >= 11 is 0. The minimum atomic E-state index is 0.0395. The molecule has 1 rings (SSSR count). The average molecular weight is 212 g/mol. The van der Waals surface area contributed by atoms with Crippen molar-refractivity contribution in [3.8, 4) is 0 Å². The lowest BCUT2D eigenvalue weighted by Gasteiger charge is -2.31. The van der Waals surface area contributed by atoms with E-state index in [0.29, 0.717) is 11.8 Å². The molecular weight excluding hydrogens is 188 g/mol. The van der Waals surface area contributed by atoms with E-state index >= 15 is 0 Å². The third-order valence-electron chi connectivity index (χ3n) is 3.25. The zero-order chi connectivity index (χ0) is 11.3. The Morgan fingerprint density at radius 1 is 1.53 bits per heavy atom. The summed E-state index contributed by atoms with van der Waals surface area (Å²) in [5, 5.41) is 6.26. The lowest BCUT2D eigenvalue weighted by molar-refractivity contribution is -0.124. The molecule has 1 fully saturated rings. The van der Waals surface area contributed by atoms with Gasteiger partial charge < -0.3 is 10.6 Å². The van der Waals surface area contributed by atoms with Crippen LogP contribution in [0.15, 0.2) is 0 Å². The molecule has 1 saturated heterocycles. The number of amides is 1. The maximum Gasteiger partial charge on any atom is 0.237 e. The highest BCUT2D eigenvalue weighted by molar-refractivity contribution is 5.81. The highest BCUT2D eigenvalue weighted by atomic mass is 16.2. The maximum atomic E-state index is 11.8. The van der Waals surface area contributed by atoms with Crippen LogP contribution in [0.4, 0.5) is 0 Å². The summed E-state index contributed by atoms with van der Waals surface area (Å²) in [6.45, 7) is 8.34. The Hall–Kier alpha value is -0.570. The van der Waals surface area contributed by atoms with Crippen LogP contribution < -0.4 is 10.6 Å². The Bertz CT molecular complexity index is 204. The first-order chi connectivity index (χ1) is 7.15. The molecule has 0 aliphatic carbocycles. The van der Waals surface area contributed by atoms with E-state index in [2.05, 4.69) is 31.4 Å². The van der Waals surface area contributed by atoms with Gasteiger partial charge in [0.25, 0.3) is 0 Å². The third-order valence-corrected chi connectivity index (χ3v) is 3.25. The molecule has 1 aliphatic rings. The molecule has 0 aromatic carbocycles. The molecule has 15 heavy (non-hydrogen) atoms. The van der Waals surface area contributed by atoms with Gasteiger partial charge in [-0.2, -0.15) is 0 Å². The molecule has 3 nitrogen and oxygen atoms in total. The van der Waals surface area contributed by atoms with Crippen molar-refractivity contribution in [2.24, 2.45) is 11.8 Å². The first-order valence-electron chi connectivity index (χ1n) is 6.16. The van der Waals surface area contributed by atoms with Crippen LogP contribution in [-0.4, -0.2) is 25.0 Å². The van der Waals surface area contributed by atoms with Crippen LogP contribution in [0.5, 0.6) is 0 Å². The Kier molecular flexibility index (Phi) is 5.09. The average Bonchev–Trinajstić information content (AvgIpc) is 2.26. The molecular formula is C12H24N2O. The van der Waals surface area contributed by atoms with E-state index in [9.17, 15) is 4.79 Å². The van der Waals surface area contributed by atoms with E-state index in [1.165, 1.54) is 6.42 Å². The second kappa shape index (κ2) is 6.11. The van der Waals surface area contributed by atoms with Gasteiger partial charge in [-0.15, -0.1) is 0 Å². The van der Waals surface area contributed by atoms with Gasteiger partial charge in [0.05, 0.1) is 6.04 Å². The van der Waals surface area contributed by atoms with Crippen LogP contribution >= 0.6 is 0 Å². The zero-order valence-electron chi connectivity index (χ0n) is 10.2. The number of nitrogens with one attached hydrogen (secondary N) is 2. The van der Waals surface area contributed by atoms with Crippen molar-refractivity contribution in [2.75, 3.05) is 13.1 Å². The van der Waals surface area contributed by atoms with E-state index in [1.54, 1.807) is 0 Å². The van der Waals surface area contributed by atoms with Crippen molar-refractivity contribution >= 4 is 5.91 Å². The van der Waals surface area contributed by atoms with E-state index in [4.69, 9.17) is 0 Å². The first kappa shape index (κ1) is 12.5. The lowest BCUT2D eigenvalue weighted by atomic mass is 9.84. The summed E-state index contributed by atoms with van der Waals surface area (Å²) in [5.41, 5.74) is 0. The molecule has 0 saturated carbocycles. The van der Waals surface area contributed by atoms with E-state index < -0.39 is 0 Å². The van der Waals surface area contributed by atoms with Crippen LogP contribution in [0.1, 0.15) is 40.0 Å². The Morgan fingerprint density at radius 2 is 2.27 bits per heavy atom. The van der Waals surface area contributed by atoms with Crippen molar-refractivity contribution in [2.45, 2.75) is 46.1 Å². The number of piperidine rings is 1. The number of rotatable bonds is 4. The smallest absolute Gasteiger partial charge is 0.237 e. The molecule has 0 aromatic heterocycles. The first-order valence-corrected chi connectivity index (χ1v) is 6.16. The number of carbonyl (C=O) groups is 1. The van der Waals surface area contributed by atoms with Crippen molar-refractivity contribution in [3.05, 3.63) is 0 Å². The van der Waals surface area contributed by atoms with Crippen LogP contribution in [0, 0.1) is 11.8 Å². The highest BCUT2D eigenvalue weighted by Gasteiger charge is 2.27. The molecule has 2 unspecified atom stereocenters. The van der Waals surface area contributed by atoms with Gasteiger partial charge in [-0.05, 0) is 37.6 Å². The van der Waals surface area contributed by atoms with Crippen LogP contribution in [0.2, 0.25) is 0 Å². The normalized spacial score (nSPS) is 26.7. The molecule has 3 heteroatoms. The fourth-order valence-corrected chi connectivity index (χ4v) is 2.12. The van der Waals surface area contributed by atoms with Gasteiger partial charge in [-0.25, -0.2) is 0 Å². The van der Waals surface area contributed by atoms with Crippen molar-refractivity contribution < 1.29 is 4.79 Å². The summed E-state index contributed by atoms with van der Waals surface area (Å²) in [5.74, 6) is 1.57. The van der Waals surface area contributed by atoms with Gasteiger partial charge in [0.15, 0.2) is 0 Å². The van der Waals surface area contributed by atoms with Crippen LogP contribution in [-0.2, 0) is 4.79 Å². The fourth-order valence-electron chi connectivity index (χ4n) is 2.12. The predicted molar refractivity (Wildman–Crippen MR) is 62.7 cm³/mol.